The number of nitriles is 1. The molecule has 322 valence electrons. The third-order valence-corrected chi connectivity index (χ3v) is 12.3. The second-order valence-electron chi connectivity index (χ2n) is 16.6. The number of furan rings is 1. The van der Waals surface area contributed by atoms with E-state index in [0.29, 0.717) is 40.5 Å². The van der Waals surface area contributed by atoms with Crippen molar-refractivity contribution in [3.63, 3.8) is 0 Å². The number of fused-ring (bicyclic) bond motifs is 3. The first-order chi connectivity index (χ1) is 34.1. The van der Waals surface area contributed by atoms with Crippen LogP contribution in [0.2, 0.25) is 0 Å². The van der Waals surface area contributed by atoms with Crippen molar-refractivity contribution in [2.45, 2.75) is 0 Å². The van der Waals surface area contributed by atoms with Crippen molar-refractivity contribution in [2.24, 2.45) is 0 Å². The molecule has 0 saturated heterocycles. The van der Waals surface area contributed by atoms with Gasteiger partial charge in [-0.15, -0.1) is 0 Å². The highest BCUT2D eigenvalue weighted by molar-refractivity contribution is 6.06. The molecule has 0 unspecified atom stereocenters. The quantitative estimate of drug-likeness (QED) is 0.141. The first kappa shape index (κ1) is 40.8. The molecule has 0 atom stereocenters. The van der Waals surface area contributed by atoms with E-state index in [4.69, 9.17) is 34.3 Å². The predicted octanol–water partition coefficient (Wildman–Crippen LogP) is 14.8. The van der Waals surface area contributed by atoms with E-state index in [2.05, 4.69) is 60.7 Å². The Bertz CT molecular complexity index is 3850. The number of para-hydroxylation sites is 1. The van der Waals surface area contributed by atoms with E-state index in [1.54, 1.807) is 0 Å². The summed E-state index contributed by atoms with van der Waals surface area (Å²) in [4.78, 5) is 30.6. The minimum atomic E-state index is 0.537. The molecule has 0 fully saturated rings. The third-order valence-electron chi connectivity index (χ3n) is 12.3. The Hall–Kier alpha value is -9.71. The lowest BCUT2D eigenvalue weighted by Gasteiger charge is -2.17. The molecule has 0 N–H and O–H groups in total. The first-order valence-corrected chi connectivity index (χ1v) is 22.6. The Morgan fingerprint density at radius 1 is 0.275 bits per heavy atom. The average molecular weight is 884 g/mol. The monoisotopic (exact) mass is 883 g/mol. The van der Waals surface area contributed by atoms with Crippen LogP contribution in [0.1, 0.15) is 5.56 Å². The second kappa shape index (κ2) is 17.6. The van der Waals surface area contributed by atoms with Gasteiger partial charge in [0.15, 0.2) is 34.9 Å². The van der Waals surface area contributed by atoms with Gasteiger partial charge >= 0.3 is 0 Å². The zero-order chi connectivity index (χ0) is 46.1. The molecule has 3 aromatic heterocycles. The van der Waals surface area contributed by atoms with Crippen LogP contribution >= 0.6 is 0 Å². The minimum Gasteiger partial charge on any atom is -0.456 e. The molecule has 3 heterocycles. The van der Waals surface area contributed by atoms with Crippen LogP contribution in [0.5, 0.6) is 0 Å². The third kappa shape index (κ3) is 7.96. The molecule has 0 bridgehead atoms. The molecule has 0 radical (unpaired) electrons. The zero-order valence-electron chi connectivity index (χ0n) is 36.9. The van der Waals surface area contributed by atoms with Crippen LogP contribution in [0.25, 0.3) is 124 Å². The smallest absolute Gasteiger partial charge is 0.164 e. The summed E-state index contributed by atoms with van der Waals surface area (Å²) in [7, 11) is 0. The molecule has 8 heteroatoms. The Labute approximate surface area is 397 Å². The molecule has 0 saturated carbocycles. The molecule has 0 aliphatic rings. The maximum atomic E-state index is 9.61. The summed E-state index contributed by atoms with van der Waals surface area (Å²) in [5.41, 5.74) is 13.3. The predicted molar refractivity (Wildman–Crippen MR) is 274 cm³/mol. The summed E-state index contributed by atoms with van der Waals surface area (Å²) in [6.07, 6.45) is 0. The standard InChI is InChI=1S/C61H37N7O/c62-38-39-27-29-40(30-28-39)44-31-33-49(52(36-44)45-21-14-22-46(35-45)59-64-56(41-15-4-1-5-16-41)63-57(65-59)42-17-6-2-7-18-42)48-23-10-11-25-51(48)61-67-58(43-19-8-3-9-20-43)66-60(68-61)47-32-34-55-53(37-47)50-24-12-13-26-54(50)69-55/h1-37H. The summed E-state index contributed by atoms with van der Waals surface area (Å²) < 4.78 is 6.19. The van der Waals surface area contributed by atoms with Gasteiger partial charge in [-0.25, -0.2) is 29.9 Å². The Morgan fingerprint density at radius 3 is 1.35 bits per heavy atom. The van der Waals surface area contributed by atoms with Crippen LogP contribution in [0.15, 0.2) is 229 Å². The summed E-state index contributed by atoms with van der Waals surface area (Å²) >= 11 is 0. The number of hydrogen-bond acceptors (Lipinski definition) is 8. The van der Waals surface area contributed by atoms with Crippen LogP contribution in [-0.4, -0.2) is 29.9 Å². The number of aromatic nitrogens is 6. The SMILES string of the molecule is N#Cc1ccc(-c2ccc(-c3ccccc3-c3nc(-c4ccccc4)nc(-c4ccc5oc6ccccc6c5c4)n3)c(-c3cccc(-c4nc(-c5ccccc5)nc(-c5ccccc5)n4)c3)c2)cc1. The van der Waals surface area contributed by atoms with Gasteiger partial charge in [-0.05, 0) is 81.9 Å². The topological polar surface area (TPSA) is 114 Å². The highest BCUT2D eigenvalue weighted by Crippen LogP contribution is 2.42. The van der Waals surface area contributed by atoms with E-state index in [1.807, 2.05) is 170 Å². The molecule has 12 aromatic rings. The Balaban J connectivity index is 1.04. The van der Waals surface area contributed by atoms with E-state index in [9.17, 15) is 5.26 Å². The van der Waals surface area contributed by atoms with Gasteiger partial charge in [-0.1, -0.05) is 176 Å². The van der Waals surface area contributed by atoms with E-state index >= 15 is 0 Å². The van der Waals surface area contributed by atoms with Gasteiger partial charge in [0.2, 0.25) is 0 Å². The molecular formula is C61H37N7O. The molecular weight excluding hydrogens is 847 g/mol. The highest BCUT2D eigenvalue weighted by Gasteiger charge is 2.20. The highest BCUT2D eigenvalue weighted by atomic mass is 16.3. The van der Waals surface area contributed by atoms with Gasteiger partial charge in [0.25, 0.3) is 0 Å². The lowest BCUT2D eigenvalue weighted by molar-refractivity contribution is 0.669. The van der Waals surface area contributed by atoms with Gasteiger partial charge in [-0.2, -0.15) is 5.26 Å². The molecule has 8 nitrogen and oxygen atoms in total. The van der Waals surface area contributed by atoms with Crippen molar-refractivity contribution in [3.8, 4) is 108 Å². The van der Waals surface area contributed by atoms with Gasteiger partial charge in [-0.3, -0.25) is 0 Å². The lowest BCUT2D eigenvalue weighted by atomic mass is 9.88. The maximum Gasteiger partial charge on any atom is 0.164 e. The number of rotatable bonds is 9. The summed E-state index contributed by atoms with van der Waals surface area (Å²) in [5, 5.41) is 11.6. The van der Waals surface area contributed by atoms with Crippen molar-refractivity contribution in [1.82, 2.24) is 29.9 Å². The van der Waals surface area contributed by atoms with E-state index < -0.39 is 0 Å². The summed E-state index contributed by atoms with van der Waals surface area (Å²) in [5.74, 6) is 3.39. The summed E-state index contributed by atoms with van der Waals surface area (Å²) in [6, 6.07) is 77.2. The number of benzene rings is 9. The van der Waals surface area contributed by atoms with Crippen LogP contribution in [0, 0.1) is 11.3 Å². The summed E-state index contributed by atoms with van der Waals surface area (Å²) in [6.45, 7) is 0. The van der Waals surface area contributed by atoms with Gasteiger partial charge in [0.1, 0.15) is 11.2 Å². The van der Waals surface area contributed by atoms with Crippen molar-refractivity contribution in [3.05, 3.63) is 230 Å². The average Bonchev–Trinajstić information content (AvgIpc) is 3.81. The van der Waals surface area contributed by atoms with Crippen LogP contribution in [-0.2, 0) is 0 Å². The molecule has 0 aliphatic carbocycles. The molecule has 9 aromatic carbocycles. The number of nitrogens with zero attached hydrogens (tertiary/aromatic N) is 7. The molecule has 0 spiro atoms. The van der Waals surface area contributed by atoms with E-state index in [1.165, 1.54) is 0 Å². The van der Waals surface area contributed by atoms with Crippen molar-refractivity contribution >= 4 is 21.9 Å². The fourth-order valence-electron chi connectivity index (χ4n) is 8.82. The Morgan fingerprint density at radius 2 is 0.725 bits per heavy atom. The first-order valence-electron chi connectivity index (χ1n) is 22.6. The van der Waals surface area contributed by atoms with Gasteiger partial charge in [0, 0.05) is 44.2 Å². The fourth-order valence-corrected chi connectivity index (χ4v) is 8.82. The minimum absolute atomic E-state index is 0.537. The molecule has 69 heavy (non-hydrogen) atoms. The van der Waals surface area contributed by atoms with Crippen LogP contribution in [0.3, 0.4) is 0 Å². The van der Waals surface area contributed by atoms with Crippen molar-refractivity contribution in [2.75, 3.05) is 0 Å². The fraction of sp³-hybridized carbons (Fsp3) is 0. The van der Waals surface area contributed by atoms with E-state index in [0.717, 1.165) is 88.7 Å². The molecule has 12 rings (SSSR count). The normalized spacial score (nSPS) is 11.2. The van der Waals surface area contributed by atoms with Crippen molar-refractivity contribution in [1.29, 1.82) is 5.26 Å². The van der Waals surface area contributed by atoms with Crippen LogP contribution < -0.4 is 0 Å². The zero-order valence-corrected chi connectivity index (χ0v) is 36.9. The lowest BCUT2D eigenvalue weighted by Crippen LogP contribution is -2.01. The maximum absolute atomic E-state index is 9.61. The molecule has 0 aliphatic heterocycles. The van der Waals surface area contributed by atoms with Crippen molar-refractivity contribution < 1.29 is 4.42 Å². The molecule has 0 amide bonds. The van der Waals surface area contributed by atoms with Crippen LogP contribution in [0.4, 0.5) is 0 Å². The van der Waals surface area contributed by atoms with Gasteiger partial charge in [0.05, 0.1) is 11.6 Å². The Kier molecular flexibility index (Phi) is 10.4. The van der Waals surface area contributed by atoms with E-state index in [-0.39, 0.29) is 0 Å². The van der Waals surface area contributed by atoms with Gasteiger partial charge < -0.3 is 4.42 Å². The largest absolute Gasteiger partial charge is 0.456 e. The number of hydrogen-bond donors (Lipinski definition) is 0. The second-order valence-corrected chi connectivity index (χ2v) is 16.6.